The summed E-state index contributed by atoms with van der Waals surface area (Å²) >= 11 is 0. The molecule has 0 heterocycles. The van der Waals surface area contributed by atoms with Crippen LogP contribution in [0.3, 0.4) is 0 Å². The van der Waals surface area contributed by atoms with E-state index in [-0.39, 0.29) is 5.41 Å². The van der Waals surface area contributed by atoms with Crippen molar-refractivity contribution in [3.05, 3.63) is 118 Å². The van der Waals surface area contributed by atoms with Crippen LogP contribution < -0.4 is 0 Å². The molecule has 0 aromatic heterocycles. The molecule has 0 spiro atoms. The molecule has 2 rings (SSSR count). The maximum absolute atomic E-state index is 4.32. The van der Waals surface area contributed by atoms with Crippen LogP contribution in [0.1, 0.15) is 120 Å². The minimum absolute atomic E-state index is 0.261. The van der Waals surface area contributed by atoms with Crippen molar-refractivity contribution in [2.45, 2.75) is 120 Å². The predicted octanol–water partition coefficient (Wildman–Crippen LogP) is 12.8. The van der Waals surface area contributed by atoms with E-state index < -0.39 is 0 Å². The molecule has 0 heteroatoms. The van der Waals surface area contributed by atoms with E-state index in [2.05, 4.69) is 136 Å². The summed E-state index contributed by atoms with van der Waals surface area (Å²) in [6.45, 7) is 24.9. The first-order valence-electron chi connectivity index (χ1n) is 15.6. The van der Waals surface area contributed by atoms with Gasteiger partial charge in [-0.1, -0.05) is 135 Å². The van der Waals surface area contributed by atoms with Gasteiger partial charge in [0.05, 0.1) is 0 Å². The summed E-state index contributed by atoms with van der Waals surface area (Å²) in [4.78, 5) is 0. The first kappa shape index (κ1) is 33.6. The molecule has 0 aliphatic heterocycles. The lowest BCUT2D eigenvalue weighted by Crippen LogP contribution is -2.20. The van der Waals surface area contributed by atoms with Crippen LogP contribution in [0.15, 0.2) is 118 Å². The van der Waals surface area contributed by atoms with Crippen molar-refractivity contribution >= 4 is 0 Å². The third-order valence-corrected chi connectivity index (χ3v) is 8.69. The maximum Gasteiger partial charge on any atom is -0.0101 e. The van der Waals surface area contributed by atoms with E-state index in [9.17, 15) is 0 Å². The summed E-state index contributed by atoms with van der Waals surface area (Å²) in [5.41, 5.74) is 11.8. The normalized spacial score (nSPS) is 22.5. The molecule has 1 saturated carbocycles. The fourth-order valence-electron chi connectivity index (χ4n) is 5.99. The lowest BCUT2D eigenvalue weighted by molar-refractivity contribution is 0.371. The molecule has 2 aliphatic carbocycles. The van der Waals surface area contributed by atoms with Crippen LogP contribution in [0.4, 0.5) is 0 Å². The number of allylic oxidation sites excluding steroid dienone is 19. The number of hydrogen-bond acceptors (Lipinski definition) is 0. The van der Waals surface area contributed by atoms with E-state index in [1.807, 2.05) is 0 Å². The van der Waals surface area contributed by atoms with Crippen LogP contribution in [0.5, 0.6) is 0 Å². The van der Waals surface area contributed by atoms with Crippen LogP contribution in [0, 0.1) is 10.8 Å². The molecule has 0 unspecified atom stereocenters. The topological polar surface area (TPSA) is 0 Å². The van der Waals surface area contributed by atoms with Gasteiger partial charge in [-0.3, -0.25) is 0 Å². The maximum atomic E-state index is 4.32. The van der Waals surface area contributed by atoms with E-state index in [0.29, 0.717) is 5.41 Å². The Balaban J connectivity index is 1.80. The van der Waals surface area contributed by atoms with E-state index in [4.69, 9.17) is 0 Å². The lowest BCUT2D eigenvalue weighted by Gasteiger charge is -2.34. The fraction of sp³-hybridized carbons (Fsp3) is 0.500. The van der Waals surface area contributed by atoms with Gasteiger partial charge in [0.1, 0.15) is 0 Å². The second-order valence-corrected chi connectivity index (χ2v) is 13.6. The molecule has 1 fully saturated rings. The number of rotatable bonds is 11. The molecule has 0 atom stereocenters. The average molecular weight is 539 g/mol. The molecule has 0 saturated heterocycles. The van der Waals surface area contributed by atoms with Crippen LogP contribution in [0.25, 0.3) is 0 Å². The van der Waals surface area contributed by atoms with Crippen molar-refractivity contribution in [1.82, 2.24) is 0 Å². The SMILES string of the molecule is C=C1CCCC(C)(C)/C1=C/C=C(\C)CCC/C(C)=C/C=C/C=C(C)/C=C/C=C(C)/C=C/C1=C(C)CCCC1(C)C. The Morgan fingerprint density at radius 2 is 1.30 bits per heavy atom. The number of hydrogen-bond donors (Lipinski definition) is 0. The standard InChI is InChI=1S/C40H58/c1-31(19-13-21-33(3)25-27-37-35(5)23-15-29-39(37,7)8)17-11-12-18-32(2)20-14-22-34(4)26-28-38-36(6)24-16-30-40(38,9)10/h11-12,14,17-18,20,22,25-28H,5,13,15-16,19,21,23-24,29-30H2,1-4,6-10H3/b12-11+,20-14+,28-26+,31-17+,32-18+,33-25+,34-22+,37-27+. The van der Waals surface area contributed by atoms with Gasteiger partial charge in [0, 0.05) is 0 Å². The zero-order chi connectivity index (χ0) is 29.8. The van der Waals surface area contributed by atoms with Crippen LogP contribution in [-0.2, 0) is 0 Å². The Kier molecular flexibility index (Phi) is 13.4. The zero-order valence-corrected chi connectivity index (χ0v) is 27.4. The molecule has 0 radical (unpaired) electrons. The summed E-state index contributed by atoms with van der Waals surface area (Å²) < 4.78 is 0. The van der Waals surface area contributed by atoms with Gasteiger partial charge in [-0.2, -0.15) is 0 Å². The first-order chi connectivity index (χ1) is 18.8. The molecule has 0 amide bonds. The van der Waals surface area contributed by atoms with Gasteiger partial charge in [-0.25, -0.2) is 0 Å². The quantitative estimate of drug-likeness (QED) is 0.229. The van der Waals surface area contributed by atoms with Gasteiger partial charge in [0.2, 0.25) is 0 Å². The average Bonchev–Trinajstić information content (AvgIpc) is 2.85. The Morgan fingerprint density at radius 1 is 0.725 bits per heavy atom. The molecular formula is C40H58. The highest BCUT2D eigenvalue weighted by Gasteiger charge is 2.28. The first-order valence-corrected chi connectivity index (χ1v) is 15.6. The molecule has 40 heavy (non-hydrogen) atoms. The second-order valence-electron chi connectivity index (χ2n) is 13.6. The minimum atomic E-state index is 0.261. The largest absolute Gasteiger partial charge is 0.0955 e. The monoisotopic (exact) mass is 538 g/mol. The van der Waals surface area contributed by atoms with Crippen molar-refractivity contribution in [2.24, 2.45) is 10.8 Å². The van der Waals surface area contributed by atoms with Crippen molar-refractivity contribution in [3.8, 4) is 0 Å². The third-order valence-electron chi connectivity index (χ3n) is 8.69. The third kappa shape index (κ3) is 11.5. The highest BCUT2D eigenvalue weighted by atomic mass is 14.3. The molecule has 0 N–H and O–H groups in total. The Hall–Kier alpha value is -2.60. The Labute approximate surface area is 248 Å². The molecular weight excluding hydrogens is 480 g/mol. The van der Waals surface area contributed by atoms with E-state index in [0.717, 1.165) is 19.3 Å². The lowest BCUT2D eigenvalue weighted by atomic mass is 9.71. The van der Waals surface area contributed by atoms with E-state index >= 15 is 0 Å². The summed E-state index contributed by atoms with van der Waals surface area (Å²) in [7, 11) is 0. The molecule has 0 aromatic rings. The zero-order valence-electron chi connectivity index (χ0n) is 27.4. The Bertz CT molecular complexity index is 1150. The molecule has 0 bridgehead atoms. The molecule has 0 nitrogen and oxygen atoms in total. The summed E-state index contributed by atoms with van der Waals surface area (Å²) in [6.07, 6.45) is 35.6. The highest BCUT2D eigenvalue weighted by molar-refractivity contribution is 5.39. The van der Waals surface area contributed by atoms with Crippen molar-refractivity contribution in [1.29, 1.82) is 0 Å². The van der Waals surface area contributed by atoms with Gasteiger partial charge in [0.15, 0.2) is 0 Å². The summed E-state index contributed by atoms with van der Waals surface area (Å²) in [5, 5.41) is 0. The van der Waals surface area contributed by atoms with Gasteiger partial charge in [-0.05, 0) is 114 Å². The fourth-order valence-corrected chi connectivity index (χ4v) is 5.99. The summed E-state index contributed by atoms with van der Waals surface area (Å²) in [6, 6.07) is 0. The van der Waals surface area contributed by atoms with E-state index in [1.54, 1.807) is 5.57 Å². The van der Waals surface area contributed by atoms with Gasteiger partial charge < -0.3 is 0 Å². The Morgan fingerprint density at radius 3 is 1.98 bits per heavy atom. The minimum Gasteiger partial charge on any atom is -0.0955 e. The van der Waals surface area contributed by atoms with Crippen molar-refractivity contribution in [3.63, 3.8) is 0 Å². The predicted molar refractivity (Wildman–Crippen MR) is 181 cm³/mol. The van der Waals surface area contributed by atoms with Gasteiger partial charge in [-0.15, -0.1) is 0 Å². The van der Waals surface area contributed by atoms with Crippen LogP contribution >= 0.6 is 0 Å². The second kappa shape index (κ2) is 16.0. The van der Waals surface area contributed by atoms with Gasteiger partial charge >= 0.3 is 0 Å². The summed E-state index contributed by atoms with van der Waals surface area (Å²) in [5.74, 6) is 0. The highest BCUT2D eigenvalue weighted by Crippen LogP contribution is 2.43. The van der Waals surface area contributed by atoms with Gasteiger partial charge in [0.25, 0.3) is 0 Å². The van der Waals surface area contributed by atoms with E-state index in [1.165, 1.54) is 77.5 Å². The van der Waals surface area contributed by atoms with Crippen molar-refractivity contribution < 1.29 is 0 Å². The van der Waals surface area contributed by atoms with Crippen molar-refractivity contribution in [2.75, 3.05) is 0 Å². The molecule has 0 aromatic carbocycles. The van der Waals surface area contributed by atoms with Crippen LogP contribution in [-0.4, -0.2) is 0 Å². The molecule has 2 aliphatic rings. The smallest absolute Gasteiger partial charge is 0.0101 e. The van der Waals surface area contributed by atoms with Crippen LogP contribution in [0.2, 0.25) is 0 Å². The molecule has 218 valence electrons.